The lowest BCUT2D eigenvalue weighted by molar-refractivity contribution is -0.146. The van der Waals surface area contributed by atoms with Gasteiger partial charge in [0.1, 0.15) is 14.0 Å². The molecule has 2 N–H and O–H groups in total. The van der Waals surface area contributed by atoms with Crippen LogP contribution in [0.5, 0.6) is 0 Å². The topological polar surface area (TPSA) is 93.5 Å². The molecule has 1 fully saturated rings. The Kier molecular flexibility index (Phi) is 6.05. The predicted octanol–water partition coefficient (Wildman–Crippen LogP) is 3.25. The molecule has 0 saturated heterocycles. The van der Waals surface area contributed by atoms with Crippen molar-refractivity contribution in [1.82, 2.24) is 14.9 Å². The van der Waals surface area contributed by atoms with Gasteiger partial charge in [-0.15, -0.1) is 0 Å². The summed E-state index contributed by atoms with van der Waals surface area (Å²) in [4.78, 5) is 28.7. The van der Waals surface area contributed by atoms with Gasteiger partial charge in [0.05, 0.1) is 12.9 Å². The Bertz CT molecular complexity index is 808. The van der Waals surface area contributed by atoms with E-state index in [0.717, 1.165) is 25.8 Å². The molecule has 0 aliphatic heterocycles. The number of carboxylic acid groups (broad SMARTS) is 1. The molecule has 0 bridgehead atoms. The average molecular weight is 581 g/mol. The number of carboxylic acids is 1. The van der Waals surface area contributed by atoms with Gasteiger partial charge in [-0.2, -0.15) is 0 Å². The first-order valence-corrected chi connectivity index (χ1v) is 10.2. The highest BCUT2D eigenvalue weighted by Gasteiger charge is 2.53. The molecule has 1 aromatic heterocycles. The maximum absolute atomic E-state index is 12.3. The van der Waals surface area contributed by atoms with Crippen molar-refractivity contribution in [2.24, 2.45) is 5.92 Å². The third-order valence-corrected chi connectivity index (χ3v) is 7.30. The van der Waals surface area contributed by atoms with Crippen LogP contribution in [0.25, 0.3) is 0 Å². The van der Waals surface area contributed by atoms with E-state index in [1.807, 2.05) is 30.3 Å². The number of ether oxygens (including phenoxy) is 1. The van der Waals surface area contributed by atoms with E-state index >= 15 is 0 Å². The van der Waals surface area contributed by atoms with Crippen LogP contribution < -0.4 is 5.32 Å². The first-order valence-electron chi connectivity index (χ1n) is 8.01. The molecule has 0 spiro atoms. The van der Waals surface area contributed by atoms with Crippen LogP contribution in [-0.4, -0.2) is 32.3 Å². The summed E-state index contributed by atoms with van der Waals surface area (Å²) >= 11 is 4.21. The number of benzene rings is 1. The van der Waals surface area contributed by atoms with Crippen molar-refractivity contribution in [3.05, 3.63) is 49.6 Å². The Morgan fingerprint density at radius 1 is 1.31 bits per heavy atom. The summed E-state index contributed by atoms with van der Waals surface area (Å²) in [5.41, 5.74) is -0.564. The quantitative estimate of drug-likeness (QED) is 0.491. The number of carbonyl (C=O) groups is 2. The van der Waals surface area contributed by atoms with Crippen LogP contribution in [0.1, 0.15) is 18.4 Å². The predicted molar refractivity (Wildman–Crippen MR) is 111 cm³/mol. The minimum atomic E-state index is -1.41. The molecular formula is C17H17I2N3O4. The van der Waals surface area contributed by atoms with E-state index in [-0.39, 0.29) is 19.1 Å². The van der Waals surface area contributed by atoms with Crippen molar-refractivity contribution in [1.29, 1.82) is 0 Å². The second-order valence-electron chi connectivity index (χ2n) is 6.19. The van der Waals surface area contributed by atoms with Crippen LogP contribution >= 0.6 is 45.2 Å². The molecule has 9 heteroatoms. The van der Waals surface area contributed by atoms with Gasteiger partial charge in [-0.3, -0.25) is 0 Å². The van der Waals surface area contributed by atoms with Crippen LogP contribution in [0.4, 0.5) is 4.79 Å². The number of alkyl carbamates (subject to hydrolysis) is 1. The second-order valence-corrected chi connectivity index (χ2v) is 8.24. The minimum absolute atomic E-state index is 0.0908. The highest BCUT2D eigenvalue weighted by molar-refractivity contribution is 14.1. The Hall–Kier alpha value is -1.37. The van der Waals surface area contributed by atoms with Gasteiger partial charge in [0.2, 0.25) is 0 Å². The number of amides is 1. The Labute approximate surface area is 177 Å². The normalized spacial score (nSPS) is 15.9. The molecule has 0 radical (unpaired) electrons. The molecule has 1 atom stereocenters. The molecule has 1 aliphatic rings. The van der Waals surface area contributed by atoms with E-state index < -0.39 is 17.6 Å². The number of aliphatic carboxylic acids is 1. The standard InChI is InChI=1S/C17H17I2N3O4/c18-13-14(19)22(10-20-13)9-17(15(23)24,12-6-7-12)21-16(25)26-8-11-4-2-1-3-5-11/h1-5,10,12H,6-9H2,(H,21,25)(H,23,24). The number of aromatic nitrogens is 2. The van der Waals surface area contributed by atoms with Crippen molar-refractivity contribution in [3.8, 4) is 0 Å². The van der Waals surface area contributed by atoms with Crippen molar-refractivity contribution in [2.45, 2.75) is 31.5 Å². The number of hydrogen-bond acceptors (Lipinski definition) is 4. The van der Waals surface area contributed by atoms with Gasteiger partial charge in [0, 0.05) is 0 Å². The van der Waals surface area contributed by atoms with Gasteiger partial charge in [0.25, 0.3) is 0 Å². The lowest BCUT2D eigenvalue weighted by Crippen LogP contribution is -2.59. The zero-order valence-corrected chi connectivity index (χ0v) is 18.0. The Morgan fingerprint density at radius 2 is 2.00 bits per heavy atom. The molecule has 1 unspecified atom stereocenters. The highest BCUT2D eigenvalue weighted by Crippen LogP contribution is 2.41. The van der Waals surface area contributed by atoms with Gasteiger partial charge in [-0.25, -0.2) is 14.6 Å². The molecule has 2 aromatic rings. The molecule has 138 valence electrons. The van der Waals surface area contributed by atoms with Crippen LogP contribution in [0.2, 0.25) is 0 Å². The van der Waals surface area contributed by atoms with Gasteiger partial charge in [-0.1, -0.05) is 30.3 Å². The molecule has 1 saturated carbocycles. The number of halogens is 2. The summed E-state index contributed by atoms with van der Waals surface area (Å²) in [6, 6.07) is 9.26. The monoisotopic (exact) mass is 581 g/mol. The fourth-order valence-electron chi connectivity index (χ4n) is 2.81. The number of rotatable bonds is 7. The van der Waals surface area contributed by atoms with Crippen LogP contribution in [0, 0.1) is 13.3 Å². The molecule has 1 aromatic carbocycles. The summed E-state index contributed by atoms with van der Waals surface area (Å²) in [5, 5.41) is 12.6. The smallest absolute Gasteiger partial charge is 0.408 e. The Morgan fingerprint density at radius 3 is 2.54 bits per heavy atom. The van der Waals surface area contributed by atoms with E-state index in [4.69, 9.17) is 4.74 Å². The number of imidazole rings is 1. The lowest BCUT2D eigenvalue weighted by atomic mass is 9.93. The first-order chi connectivity index (χ1) is 12.4. The van der Waals surface area contributed by atoms with Gasteiger partial charge < -0.3 is 19.7 Å². The molecular weight excluding hydrogens is 564 g/mol. The SMILES string of the molecule is O=C(NC(Cn1cnc(I)c1I)(C(=O)O)C1CC1)OCc1ccccc1. The lowest BCUT2D eigenvalue weighted by Gasteiger charge is -2.31. The van der Waals surface area contributed by atoms with E-state index in [2.05, 4.69) is 55.5 Å². The summed E-state index contributed by atoms with van der Waals surface area (Å²) < 4.78 is 8.64. The van der Waals surface area contributed by atoms with E-state index in [9.17, 15) is 14.7 Å². The molecule has 1 heterocycles. The molecule has 7 nitrogen and oxygen atoms in total. The van der Waals surface area contributed by atoms with Gasteiger partial charge in [0.15, 0.2) is 5.54 Å². The minimum Gasteiger partial charge on any atom is -0.479 e. The molecule has 26 heavy (non-hydrogen) atoms. The Balaban J connectivity index is 1.74. The molecule has 1 aliphatic carbocycles. The highest BCUT2D eigenvalue weighted by atomic mass is 127. The summed E-state index contributed by atoms with van der Waals surface area (Å²) in [7, 11) is 0. The fraction of sp³-hybridized carbons (Fsp3) is 0.353. The number of hydrogen-bond donors (Lipinski definition) is 2. The summed E-state index contributed by atoms with van der Waals surface area (Å²) in [6.45, 7) is 0.204. The third-order valence-electron chi connectivity index (χ3n) is 4.35. The van der Waals surface area contributed by atoms with Gasteiger partial charge >= 0.3 is 12.1 Å². The number of nitrogens with one attached hydrogen (secondary N) is 1. The van der Waals surface area contributed by atoms with Crippen molar-refractivity contribution >= 4 is 57.2 Å². The van der Waals surface area contributed by atoms with Crippen molar-refractivity contribution in [3.63, 3.8) is 0 Å². The maximum atomic E-state index is 12.3. The molecule has 1 amide bonds. The van der Waals surface area contributed by atoms with Crippen LogP contribution in [0.15, 0.2) is 36.7 Å². The van der Waals surface area contributed by atoms with E-state index in [1.165, 1.54) is 0 Å². The number of carbonyl (C=O) groups excluding carboxylic acids is 1. The van der Waals surface area contributed by atoms with Crippen molar-refractivity contribution < 1.29 is 19.4 Å². The zero-order valence-electron chi connectivity index (χ0n) is 13.7. The van der Waals surface area contributed by atoms with Crippen molar-refractivity contribution in [2.75, 3.05) is 0 Å². The third kappa shape index (κ3) is 4.30. The summed E-state index contributed by atoms with van der Waals surface area (Å²) in [5.74, 6) is -1.18. The summed E-state index contributed by atoms with van der Waals surface area (Å²) in [6.07, 6.45) is 2.38. The maximum Gasteiger partial charge on any atom is 0.408 e. The zero-order chi connectivity index (χ0) is 18.7. The fourth-order valence-corrected chi connectivity index (χ4v) is 3.67. The molecule has 3 rings (SSSR count). The van der Waals surface area contributed by atoms with Crippen LogP contribution in [-0.2, 0) is 22.7 Å². The largest absolute Gasteiger partial charge is 0.479 e. The first kappa shape index (κ1) is 19.4. The van der Waals surface area contributed by atoms with E-state index in [0.29, 0.717) is 0 Å². The van der Waals surface area contributed by atoms with Crippen LogP contribution in [0.3, 0.4) is 0 Å². The second kappa shape index (κ2) is 8.11. The average Bonchev–Trinajstić information content (AvgIpc) is 3.43. The number of nitrogens with zero attached hydrogens (tertiary/aromatic N) is 2. The van der Waals surface area contributed by atoms with E-state index in [1.54, 1.807) is 10.9 Å². The van der Waals surface area contributed by atoms with Gasteiger partial charge in [-0.05, 0) is 69.5 Å².